The molecule has 3 rings (SSSR count). The summed E-state index contributed by atoms with van der Waals surface area (Å²) in [5.41, 5.74) is 3.18. The largest absolute Gasteiger partial charge is 0.315 e. The van der Waals surface area contributed by atoms with E-state index < -0.39 is 0 Å². The predicted octanol–water partition coefficient (Wildman–Crippen LogP) is 2.98. The highest BCUT2D eigenvalue weighted by Crippen LogP contribution is 2.22. The molecule has 5 heteroatoms. The second-order valence-electron chi connectivity index (χ2n) is 7.49. The van der Waals surface area contributed by atoms with Crippen molar-refractivity contribution in [3.05, 3.63) is 47.2 Å². The van der Waals surface area contributed by atoms with E-state index in [4.69, 9.17) is 5.26 Å². The zero-order chi connectivity index (χ0) is 19.1. The first-order chi connectivity index (χ1) is 13.2. The van der Waals surface area contributed by atoms with Gasteiger partial charge in [0.2, 0.25) is 5.91 Å². The van der Waals surface area contributed by atoms with Crippen molar-refractivity contribution in [2.75, 3.05) is 39.3 Å². The van der Waals surface area contributed by atoms with E-state index in [-0.39, 0.29) is 5.91 Å². The summed E-state index contributed by atoms with van der Waals surface area (Å²) in [6, 6.07) is 9.99. The lowest BCUT2D eigenvalue weighted by molar-refractivity contribution is -0.131. The number of nitrogens with zero attached hydrogens (tertiary/aromatic N) is 4. The summed E-state index contributed by atoms with van der Waals surface area (Å²) in [6.45, 7) is 8.22. The van der Waals surface area contributed by atoms with E-state index in [0.29, 0.717) is 12.1 Å². The Morgan fingerprint density at radius 2 is 1.85 bits per heavy atom. The molecule has 1 aromatic carbocycles. The molecule has 1 aromatic rings. The molecule has 0 N–H and O–H groups in total. The van der Waals surface area contributed by atoms with E-state index in [1.807, 2.05) is 29.2 Å². The average Bonchev–Trinajstić information content (AvgIpc) is 3.22. The molecule has 1 saturated heterocycles. The molecular weight excluding hydrogens is 336 g/mol. The van der Waals surface area contributed by atoms with E-state index in [2.05, 4.69) is 28.9 Å². The Morgan fingerprint density at radius 1 is 1.15 bits per heavy atom. The molecule has 144 valence electrons. The van der Waals surface area contributed by atoms with Crippen molar-refractivity contribution >= 4 is 5.91 Å². The van der Waals surface area contributed by atoms with Crippen LogP contribution in [0.2, 0.25) is 0 Å². The molecule has 0 saturated carbocycles. The monoisotopic (exact) mass is 366 g/mol. The molecule has 5 nitrogen and oxygen atoms in total. The van der Waals surface area contributed by atoms with Gasteiger partial charge in [-0.25, -0.2) is 0 Å². The Balaban J connectivity index is 1.46. The molecule has 1 amide bonds. The van der Waals surface area contributed by atoms with Gasteiger partial charge >= 0.3 is 0 Å². The maximum absolute atomic E-state index is 12.8. The maximum atomic E-state index is 12.8. The molecule has 0 spiro atoms. The van der Waals surface area contributed by atoms with Crippen molar-refractivity contribution in [1.29, 1.82) is 5.26 Å². The fraction of sp³-hybridized carbons (Fsp3) is 0.545. The smallest absolute Gasteiger partial charge is 0.240 e. The highest BCUT2D eigenvalue weighted by molar-refractivity contribution is 5.80. The summed E-state index contributed by atoms with van der Waals surface area (Å²) in [7, 11) is 0. The van der Waals surface area contributed by atoms with Crippen LogP contribution in [0.4, 0.5) is 0 Å². The molecule has 27 heavy (non-hydrogen) atoms. The highest BCUT2D eigenvalue weighted by atomic mass is 16.2. The zero-order valence-electron chi connectivity index (χ0n) is 16.4. The van der Waals surface area contributed by atoms with Gasteiger partial charge in [-0.15, -0.1) is 0 Å². The normalized spacial score (nSPS) is 18.1. The first-order valence-electron chi connectivity index (χ1n) is 10.1. The van der Waals surface area contributed by atoms with Crippen LogP contribution in [0.5, 0.6) is 0 Å². The van der Waals surface area contributed by atoms with Crippen LogP contribution in [0.1, 0.15) is 43.7 Å². The van der Waals surface area contributed by atoms with Crippen LogP contribution in [0.25, 0.3) is 0 Å². The predicted molar refractivity (Wildman–Crippen MR) is 107 cm³/mol. The van der Waals surface area contributed by atoms with Crippen molar-refractivity contribution in [1.82, 2.24) is 14.7 Å². The standard InChI is InChI=1S/C22H30N4O/c1-2-11-26(21-5-3-4-6-21)22(27)18-25-14-12-24(13-15-25)17-20-9-7-19(16-23)8-10-20/h5,7-10H,2-4,6,11-15,17-18H2,1H3. The Kier molecular flexibility index (Phi) is 7.03. The van der Waals surface area contributed by atoms with Crippen LogP contribution in [-0.4, -0.2) is 59.9 Å². The SMILES string of the molecule is CCCN(C(=O)CN1CCN(Cc2ccc(C#N)cc2)CC1)C1=CCCC1. The molecule has 0 radical (unpaired) electrons. The van der Waals surface area contributed by atoms with Gasteiger partial charge in [0.25, 0.3) is 0 Å². The molecule has 1 aliphatic heterocycles. The third kappa shape index (κ3) is 5.41. The number of benzene rings is 1. The van der Waals surface area contributed by atoms with Crippen molar-refractivity contribution in [3.63, 3.8) is 0 Å². The summed E-state index contributed by atoms with van der Waals surface area (Å²) in [5, 5.41) is 8.89. The number of allylic oxidation sites excluding steroid dienone is 2. The van der Waals surface area contributed by atoms with Gasteiger partial charge in [0.1, 0.15) is 0 Å². The van der Waals surface area contributed by atoms with E-state index in [1.165, 1.54) is 17.7 Å². The number of amides is 1. The van der Waals surface area contributed by atoms with Gasteiger partial charge in [-0.2, -0.15) is 5.26 Å². The van der Waals surface area contributed by atoms with Gasteiger partial charge in [-0.3, -0.25) is 14.6 Å². The van der Waals surface area contributed by atoms with Crippen molar-refractivity contribution in [2.45, 2.75) is 39.2 Å². The molecule has 0 aromatic heterocycles. The average molecular weight is 367 g/mol. The fourth-order valence-electron chi connectivity index (χ4n) is 3.88. The molecule has 2 aliphatic rings. The molecule has 0 bridgehead atoms. The lowest BCUT2D eigenvalue weighted by Crippen LogP contribution is -2.49. The minimum atomic E-state index is 0.255. The third-order valence-corrected chi connectivity index (χ3v) is 5.42. The number of hydrogen-bond acceptors (Lipinski definition) is 4. The second-order valence-corrected chi connectivity index (χ2v) is 7.49. The lowest BCUT2D eigenvalue weighted by atomic mass is 10.1. The minimum Gasteiger partial charge on any atom is -0.315 e. The minimum absolute atomic E-state index is 0.255. The third-order valence-electron chi connectivity index (χ3n) is 5.42. The summed E-state index contributed by atoms with van der Waals surface area (Å²) in [6.07, 6.45) is 6.57. The number of carbonyl (C=O) groups is 1. The Bertz CT molecular complexity index is 696. The van der Waals surface area contributed by atoms with Crippen molar-refractivity contribution in [2.24, 2.45) is 0 Å². The molecule has 0 unspecified atom stereocenters. The summed E-state index contributed by atoms with van der Waals surface area (Å²) >= 11 is 0. The number of carbonyl (C=O) groups excluding carboxylic acids is 1. The van der Waals surface area contributed by atoms with Gasteiger partial charge in [0.15, 0.2) is 0 Å². The maximum Gasteiger partial charge on any atom is 0.240 e. The van der Waals surface area contributed by atoms with E-state index in [0.717, 1.165) is 58.5 Å². The van der Waals surface area contributed by atoms with E-state index in [9.17, 15) is 4.79 Å². The molecule has 1 heterocycles. The Labute approximate surface area is 162 Å². The molecule has 0 atom stereocenters. The van der Waals surface area contributed by atoms with E-state index in [1.54, 1.807) is 0 Å². The molecule has 1 aliphatic carbocycles. The van der Waals surface area contributed by atoms with Crippen LogP contribution in [0.3, 0.4) is 0 Å². The number of nitriles is 1. The summed E-state index contributed by atoms with van der Waals surface area (Å²) in [5.74, 6) is 0.255. The van der Waals surface area contributed by atoms with Crippen LogP contribution >= 0.6 is 0 Å². The number of piperazine rings is 1. The van der Waals surface area contributed by atoms with Crippen LogP contribution in [0, 0.1) is 11.3 Å². The summed E-state index contributed by atoms with van der Waals surface area (Å²) in [4.78, 5) is 19.6. The topological polar surface area (TPSA) is 50.6 Å². The second kappa shape index (κ2) is 9.68. The quantitative estimate of drug-likeness (QED) is 0.744. The van der Waals surface area contributed by atoms with Crippen molar-refractivity contribution in [3.8, 4) is 6.07 Å². The number of rotatable bonds is 7. The van der Waals surface area contributed by atoms with Gasteiger partial charge in [-0.05, 0) is 43.4 Å². The Morgan fingerprint density at radius 3 is 2.44 bits per heavy atom. The highest BCUT2D eigenvalue weighted by Gasteiger charge is 2.24. The van der Waals surface area contributed by atoms with Crippen molar-refractivity contribution < 1.29 is 4.79 Å². The van der Waals surface area contributed by atoms with Crippen LogP contribution in [0.15, 0.2) is 36.0 Å². The molecule has 1 fully saturated rings. The van der Waals surface area contributed by atoms with E-state index >= 15 is 0 Å². The Hall–Kier alpha value is -2.16. The van der Waals surface area contributed by atoms with Crippen LogP contribution < -0.4 is 0 Å². The first-order valence-corrected chi connectivity index (χ1v) is 10.1. The van der Waals surface area contributed by atoms with Gasteiger partial charge in [0.05, 0.1) is 18.2 Å². The summed E-state index contributed by atoms with van der Waals surface area (Å²) < 4.78 is 0. The number of hydrogen-bond donors (Lipinski definition) is 0. The fourth-order valence-corrected chi connectivity index (χ4v) is 3.88. The van der Waals surface area contributed by atoms with Crippen LogP contribution in [-0.2, 0) is 11.3 Å². The zero-order valence-corrected chi connectivity index (χ0v) is 16.4. The lowest BCUT2D eigenvalue weighted by Gasteiger charge is -2.35. The van der Waals surface area contributed by atoms with Gasteiger partial charge in [0, 0.05) is 45.0 Å². The van der Waals surface area contributed by atoms with Gasteiger partial charge in [-0.1, -0.05) is 25.1 Å². The van der Waals surface area contributed by atoms with Gasteiger partial charge < -0.3 is 4.90 Å². The first kappa shape index (κ1) is 19.6. The molecular formula is C22H30N4O.